The molecule has 3 rings (SSSR count). The summed E-state index contributed by atoms with van der Waals surface area (Å²) in [6.45, 7) is 9.89. The molecule has 212 valence electrons. The van der Waals surface area contributed by atoms with Crippen LogP contribution in [0.4, 0.5) is 0 Å². The van der Waals surface area contributed by atoms with Gasteiger partial charge in [-0.1, -0.05) is 61.8 Å². The number of nitrogens with one attached hydrogen (secondary N) is 1. The molecule has 0 heterocycles. The highest BCUT2D eigenvalue weighted by Crippen LogP contribution is 2.27. The van der Waals surface area contributed by atoms with Gasteiger partial charge in [-0.25, -0.2) is 0 Å². The monoisotopic (exact) mass is 586 g/mol. The zero-order chi connectivity index (χ0) is 28.1. The van der Waals surface area contributed by atoms with E-state index in [1.54, 1.807) is 14.2 Å². The molecule has 3 aromatic carbocycles. The van der Waals surface area contributed by atoms with Crippen molar-refractivity contribution < 1.29 is 9.47 Å². The number of benzene rings is 3. The van der Waals surface area contributed by atoms with Crippen LogP contribution >= 0.6 is 35.1 Å². The number of thioether (sulfide) groups is 2. The van der Waals surface area contributed by atoms with E-state index in [1.165, 1.54) is 16.7 Å². The molecule has 0 aliphatic heterocycles. The lowest BCUT2D eigenvalue weighted by molar-refractivity contribution is 0.158. The van der Waals surface area contributed by atoms with Crippen LogP contribution in [0.25, 0.3) is 0 Å². The predicted molar refractivity (Wildman–Crippen MR) is 172 cm³/mol. The van der Waals surface area contributed by atoms with Gasteiger partial charge in [0.1, 0.15) is 11.5 Å². The minimum absolute atomic E-state index is 0.00426. The SMILES string of the molecule is COc1ccc(CSCCNC(C)N(CCSCc2ccc(OC)cc2)CC(C)(C)c2ccc(Cl)cc2)cc1. The van der Waals surface area contributed by atoms with E-state index in [0.29, 0.717) is 0 Å². The molecule has 3 aromatic rings. The van der Waals surface area contributed by atoms with Crippen molar-refractivity contribution in [3.63, 3.8) is 0 Å². The third kappa shape index (κ3) is 10.9. The summed E-state index contributed by atoms with van der Waals surface area (Å²) in [4.78, 5) is 2.59. The number of rotatable bonds is 17. The molecule has 0 saturated carbocycles. The van der Waals surface area contributed by atoms with Crippen LogP contribution in [-0.4, -0.2) is 56.4 Å². The number of methoxy groups -OCH3 is 2. The summed E-state index contributed by atoms with van der Waals surface area (Å²) in [5.74, 6) is 5.96. The number of hydrogen-bond donors (Lipinski definition) is 1. The summed E-state index contributed by atoms with van der Waals surface area (Å²) in [6.07, 6.45) is 0.278. The van der Waals surface area contributed by atoms with Gasteiger partial charge in [0, 0.05) is 53.1 Å². The van der Waals surface area contributed by atoms with Crippen molar-refractivity contribution in [3.05, 3.63) is 94.5 Å². The Bertz CT molecular complexity index is 1090. The van der Waals surface area contributed by atoms with Gasteiger partial charge in [-0.2, -0.15) is 23.5 Å². The Hall–Kier alpha value is -1.83. The molecule has 0 spiro atoms. The smallest absolute Gasteiger partial charge is 0.118 e. The highest BCUT2D eigenvalue weighted by Gasteiger charge is 2.26. The molecule has 0 aromatic heterocycles. The fourth-order valence-electron chi connectivity index (χ4n) is 4.38. The first kappa shape index (κ1) is 31.7. The van der Waals surface area contributed by atoms with Gasteiger partial charge >= 0.3 is 0 Å². The van der Waals surface area contributed by atoms with E-state index >= 15 is 0 Å². The van der Waals surface area contributed by atoms with E-state index in [4.69, 9.17) is 21.1 Å². The summed E-state index contributed by atoms with van der Waals surface area (Å²) in [6, 6.07) is 25.0. The summed E-state index contributed by atoms with van der Waals surface area (Å²) in [5.41, 5.74) is 3.97. The maximum absolute atomic E-state index is 6.17. The quantitative estimate of drug-likeness (QED) is 0.129. The van der Waals surface area contributed by atoms with E-state index in [9.17, 15) is 0 Å². The highest BCUT2D eigenvalue weighted by molar-refractivity contribution is 7.98. The number of hydrogen-bond acceptors (Lipinski definition) is 6. The van der Waals surface area contributed by atoms with Crippen molar-refractivity contribution in [1.29, 1.82) is 0 Å². The van der Waals surface area contributed by atoms with Crippen molar-refractivity contribution in [1.82, 2.24) is 10.2 Å². The average Bonchev–Trinajstić information content (AvgIpc) is 2.95. The van der Waals surface area contributed by atoms with Crippen LogP contribution in [0, 0.1) is 0 Å². The van der Waals surface area contributed by atoms with E-state index in [-0.39, 0.29) is 11.6 Å². The maximum Gasteiger partial charge on any atom is 0.118 e. The van der Waals surface area contributed by atoms with Gasteiger partial charge < -0.3 is 14.8 Å². The van der Waals surface area contributed by atoms with Gasteiger partial charge in [-0.15, -0.1) is 0 Å². The van der Waals surface area contributed by atoms with E-state index in [2.05, 4.69) is 67.4 Å². The molecule has 0 aliphatic carbocycles. The molecule has 0 fully saturated rings. The van der Waals surface area contributed by atoms with Crippen molar-refractivity contribution in [2.75, 3.05) is 45.4 Å². The Morgan fingerprint density at radius 2 is 1.31 bits per heavy atom. The van der Waals surface area contributed by atoms with Gasteiger partial charge in [0.25, 0.3) is 0 Å². The average molecular weight is 587 g/mol. The van der Waals surface area contributed by atoms with Crippen molar-refractivity contribution in [2.45, 2.75) is 43.9 Å². The zero-order valence-electron chi connectivity index (χ0n) is 23.9. The second kappa shape index (κ2) is 16.4. The van der Waals surface area contributed by atoms with Gasteiger partial charge in [-0.3, -0.25) is 4.90 Å². The Kier molecular flexibility index (Phi) is 13.4. The number of ether oxygens (including phenoxy) is 2. The standard InChI is InChI=1S/C32H43ClN2O2S2/c1-25(34-18-20-38-22-26-6-14-30(36-4)15-7-26)35(24-32(2,3)28-10-12-29(33)13-11-28)19-21-39-23-27-8-16-31(37-5)17-9-27/h6-17,25,34H,18-24H2,1-5H3. The number of nitrogens with zero attached hydrogens (tertiary/aromatic N) is 1. The maximum atomic E-state index is 6.17. The molecular formula is C32H43ClN2O2S2. The summed E-state index contributed by atoms with van der Waals surface area (Å²) in [7, 11) is 3.41. The molecule has 0 amide bonds. The molecule has 7 heteroatoms. The lowest BCUT2D eigenvalue weighted by Gasteiger charge is -2.37. The van der Waals surface area contributed by atoms with Crippen LogP contribution in [0.1, 0.15) is 37.5 Å². The molecule has 1 atom stereocenters. The Morgan fingerprint density at radius 3 is 1.82 bits per heavy atom. The van der Waals surface area contributed by atoms with Gasteiger partial charge in [0.15, 0.2) is 0 Å². The van der Waals surface area contributed by atoms with Crippen LogP contribution in [0.2, 0.25) is 5.02 Å². The predicted octanol–water partition coefficient (Wildman–Crippen LogP) is 7.74. The Labute approximate surface area is 249 Å². The molecule has 1 unspecified atom stereocenters. The van der Waals surface area contributed by atoms with Crippen LogP contribution < -0.4 is 14.8 Å². The molecule has 0 aliphatic rings. The lowest BCUT2D eigenvalue weighted by Crippen LogP contribution is -2.50. The third-order valence-electron chi connectivity index (χ3n) is 6.84. The number of halogens is 1. The van der Waals surface area contributed by atoms with Gasteiger partial charge in [0.2, 0.25) is 0 Å². The fourth-order valence-corrected chi connectivity index (χ4v) is 6.28. The third-order valence-corrected chi connectivity index (χ3v) is 9.13. The van der Waals surface area contributed by atoms with Crippen LogP contribution in [0.5, 0.6) is 11.5 Å². The molecule has 4 nitrogen and oxygen atoms in total. The highest BCUT2D eigenvalue weighted by atomic mass is 35.5. The van der Waals surface area contributed by atoms with Crippen molar-refractivity contribution in [3.8, 4) is 11.5 Å². The molecule has 0 saturated heterocycles. The Morgan fingerprint density at radius 1 is 0.795 bits per heavy atom. The fraction of sp³-hybridized carbons (Fsp3) is 0.438. The molecular weight excluding hydrogens is 544 g/mol. The minimum atomic E-state index is 0.00426. The van der Waals surface area contributed by atoms with Crippen molar-refractivity contribution in [2.24, 2.45) is 0 Å². The summed E-state index contributed by atoms with van der Waals surface area (Å²) < 4.78 is 10.5. The van der Waals surface area contributed by atoms with Crippen LogP contribution in [0.15, 0.2) is 72.8 Å². The second-order valence-electron chi connectivity index (χ2n) is 10.3. The normalized spacial score (nSPS) is 12.5. The van der Waals surface area contributed by atoms with Crippen LogP contribution in [0.3, 0.4) is 0 Å². The molecule has 1 N–H and O–H groups in total. The zero-order valence-corrected chi connectivity index (χ0v) is 26.3. The van der Waals surface area contributed by atoms with Crippen molar-refractivity contribution >= 4 is 35.1 Å². The van der Waals surface area contributed by atoms with Crippen LogP contribution in [-0.2, 0) is 16.9 Å². The first-order valence-corrected chi connectivity index (χ1v) is 16.1. The Balaban J connectivity index is 1.51. The van der Waals surface area contributed by atoms with Gasteiger partial charge in [0.05, 0.1) is 20.4 Å². The molecule has 0 bridgehead atoms. The lowest BCUT2D eigenvalue weighted by atomic mass is 9.84. The van der Waals surface area contributed by atoms with Gasteiger partial charge in [-0.05, 0) is 60.0 Å². The molecule has 0 radical (unpaired) electrons. The molecule has 39 heavy (non-hydrogen) atoms. The van der Waals surface area contributed by atoms with E-state index < -0.39 is 0 Å². The van der Waals surface area contributed by atoms with E-state index in [1.807, 2.05) is 59.9 Å². The summed E-state index contributed by atoms with van der Waals surface area (Å²) >= 11 is 10.1. The first-order chi connectivity index (χ1) is 18.8. The van der Waals surface area contributed by atoms with E-state index in [0.717, 1.165) is 59.2 Å². The first-order valence-electron chi connectivity index (χ1n) is 13.5. The largest absolute Gasteiger partial charge is 0.497 e. The second-order valence-corrected chi connectivity index (χ2v) is 12.9. The summed E-state index contributed by atoms with van der Waals surface area (Å²) in [5, 5.41) is 4.56. The topological polar surface area (TPSA) is 33.7 Å². The minimum Gasteiger partial charge on any atom is -0.497 e.